The number of carbonyl (C=O) groups excluding carboxylic acids is 1. The van der Waals surface area contributed by atoms with E-state index in [2.05, 4.69) is 33.8 Å². The van der Waals surface area contributed by atoms with E-state index in [9.17, 15) is 4.79 Å². The lowest BCUT2D eigenvalue weighted by molar-refractivity contribution is 0.208. The molecule has 1 aromatic heterocycles. The Morgan fingerprint density at radius 2 is 1.74 bits per heavy atom. The van der Waals surface area contributed by atoms with E-state index in [1.807, 2.05) is 48.3 Å². The van der Waals surface area contributed by atoms with Crippen LogP contribution in [0.2, 0.25) is 0 Å². The molecule has 0 spiro atoms. The number of piperazine rings is 1. The number of nitrogens with one attached hydrogen (secondary N) is 1. The molecule has 2 amide bonds. The third-order valence-electron chi connectivity index (χ3n) is 5.25. The monoisotopic (exact) mass is 363 g/mol. The van der Waals surface area contributed by atoms with Gasteiger partial charge >= 0.3 is 6.03 Å². The van der Waals surface area contributed by atoms with Gasteiger partial charge in [0.05, 0.1) is 11.0 Å². The highest BCUT2D eigenvalue weighted by atomic mass is 16.2. The molecule has 0 bridgehead atoms. The summed E-state index contributed by atoms with van der Waals surface area (Å²) in [5.41, 5.74) is 4.20. The van der Waals surface area contributed by atoms with Gasteiger partial charge in [-0.2, -0.15) is 0 Å². The molecule has 0 atom stereocenters. The van der Waals surface area contributed by atoms with E-state index in [-0.39, 0.29) is 6.03 Å². The molecule has 0 saturated carbocycles. The summed E-state index contributed by atoms with van der Waals surface area (Å²) >= 11 is 0. The molecular formula is C21H25N5O. The van der Waals surface area contributed by atoms with Crippen LogP contribution in [-0.2, 0) is 13.5 Å². The van der Waals surface area contributed by atoms with E-state index in [0.29, 0.717) is 13.1 Å². The molecule has 1 fully saturated rings. The molecule has 6 heteroatoms. The molecular weight excluding hydrogens is 338 g/mol. The second kappa shape index (κ2) is 7.31. The lowest BCUT2D eigenvalue weighted by Gasteiger charge is -2.35. The van der Waals surface area contributed by atoms with Gasteiger partial charge in [-0.25, -0.2) is 9.78 Å². The molecule has 2 heterocycles. The molecule has 4 rings (SSSR count). The number of rotatable bonds is 3. The maximum Gasteiger partial charge on any atom is 0.321 e. The number of para-hydroxylation sites is 3. The van der Waals surface area contributed by atoms with Gasteiger partial charge in [0.15, 0.2) is 0 Å². The van der Waals surface area contributed by atoms with Crippen LogP contribution in [0.1, 0.15) is 12.5 Å². The topological polar surface area (TPSA) is 53.4 Å². The first-order valence-electron chi connectivity index (χ1n) is 9.47. The highest BCUT2D eigenvalue weighted by molar-refractivity contribution is 5.90. The van der Waals surface area contributed by atoms with Gasteiger partial charge in [0.2, 0.25) is 5.95 Å². The van der Waals surface area contributed by atoms with Crippen LogP contribution in [0.25, 0.3) is 11.0 Å². The molecule has 1 aliphatic heterocycles. The zero-order chi connectivity index (χ0) is 18.8. The highest BCUT2D eigenvalue weighted by Gasteiger charge is 2.24. The quantitative estimate of drug-likeness (QED) is 0.775. The Bertz CT molecular complexity index is 956. The lowest BCUT2D eigenvalue weighted by atomic mass is 10.1. The summed E-state index contributed by atoms with van der Waals surface area (Å²) < 4.78 is 2.13. The van der Waals surface area contributed by atoms with Crippen molar-refractivity contribution in [3.63, 3.8) is 0 Å². The van der Waals surface area contributed by atoms with Gasteiger partial charge in [0.1, 0.15) is 0 Å². The Kier molecular flexibility index (Phi) is 4.71. The fraction of sp³-hybridized carbons (Fsp3) is 0.333. The van der Waals surface area contributed by atoms with Crippen molar-refractivity contribution >= 4 is 28.7 Å². The van der Waals surface area contributed by atoms with Gasteiger partial charge in [-0.3, -0.25) is 0 Å². The molecule has 0 unspecified atom stereocenters. The predicted molar refractivity (Wildman–Crippen MR) is 109 cm³/mol. The molecule has 6 nitrogen and oxygen atoms in total. The fourth-order valence-electron chi connectivity index (χ4n) is 3.67. The number of benzene rings is 2. The number of aromatic nitrogens is 2. The van der Waals surface area contributed by atoms with E-state index < -0.39 is 0 Å². The van der Waals surface area contributed by atoms with E-state index >= 15 is 0 Å². The van der Waals surface area contributed by atoms with Crippen molar-refractivity contribution in [2.75, 3.05) is 36.4 Å². The molecule has 1 N–H and O–H groups in total. The highest BCUT2D eigenvalue weighted by Crippen LogP contribution is 2.22. The second-order valence-corrected chi connectivity index (χ2v) is 6.87. The van der Waals surface area contributed by atoms with Crippen LogP contribution in [0, 0.1) is 0 Å². The first-order valence-corrected chi connectivity index (χ1v) is 9.47. The normalized spacial score (nSPS) is 14.6. The van der Waals surface area contributed by atoms with Gasteiger partial charge in [0, 0.05) is 38.9 Å². The zero-order valence-corrected chi connectivity index (χ0v) is 15.9. The Hall–Kier alpha value is -3.02. The smallest absolute Gasteiger partial charge is 0.321 e. The third kappa shape index (κ3) is 3.35. The summed E-state index contributed by atoms with van der Waals surface area (Å²) in [6.07, 6.45) is 0.900. The molecule has 140 valence electrons. The first kappa shape index (κ1) is 17.4. The van der Waals surface area contributed by atoms with Crippen molar-refractivity contribution in [3.05, 3.63) is 54.1 Å². The van der Waals surface area contributed by atoms with Crippen molar-refractivity contribution in [3.8, 4) is 0 Å². The minimum Gasteiger partial charge on any atom is -0.339 e. The minimum atomic E-state index is -0.0273. The van der Waals surface area contributed by atoms with Crippen LogP contribution in [0.3, 0.4) is 0 Å². The van der Waals surface area contributed by atoms with Crippen LogP contribution in [0.15, 0.2) is 48.5 Å². The first-order chi connectivity index (χ1) is 13.2. The summed E-state index contributed by atoms with van der Waals surface area (Å²) in [6, 6.07) is 16.1. The summed E-state index contributed by atoms with van der Waals surface area (Å²) in [6.45, 7) is 5.02. The summed E-state index contributed by atoms with van der Waals surface area (Å²) in [4.78, 5) is 21.6. The number of imidazole rings is 1. The number of urea groups is 1. The molecule has 27 heavy (non-hydrogen) atoms. The third-order valence-corrected chi connectivity index (χ3v) is 5.25. The van der Waals surface area contributed by atoms with E-state index in [1.165, 1.54) is 0 Å². The van der Waals surface area contributed by atoms with Gasteiger partial charge in [-0.05, 0) is 30.2 Å². The largest absolute Gasteiger partial charge is 0.339 e. The second-order valence-electron chi connectivity index (χ2n) is 6.87. The van der Waals surface area contributed by atoms with Gasteiger partial charge in [-0.15, -0.1) is 0 Å². The van der Waals surface area contributed by atoms with E-state index in [0.717, 1.165) is 47.7 Å². The van der Waals surface area contributed by atoms with Crippen LogP contribution in [-0.4, -0.2) is 46.7 Å². The molecule has 0 radical (unpaired) electrons. The van der Waals surface area contributed by atoms with Crippen LogP contribution >= 0.6 is 0 Å². The van der Waals surface area contributed by atoms with Crippen LogP contribution < -0.4 is 10.2 Å². The van der Waals surface area contributed by atoms with E-state index in [4.69, 9.17) is 4.98 Å². The fourth-order valence-corrected chi connectivity index (χ4v) is 3.67. The number of hydrogen-bond acceptors (Lipinski definition) is 3. The predicted octanol–water partition coefficient (Wildman–Crippen LogP) is 3.49. The Labute approximate surface area is 159 Å². The number of hydrogen-bond donors (Lipinski definition) is 1. The maximum absolute atomic E-state index is 12.7. The minimum absolute atomic E-state index is 0.0273. The van der Waals surface area contributed by atoms with Crippen molar-refractivity contribution in [1.82, 2.24) is 14.5 Å². The van der Waals surface area contributed by atoms with Crippen molar-refractivity contribution in [1.29, 1.82) is 0 Å². The molecule has 3 aromatic rings. The number of amides is 2. The number of carbonyl (C=O) groups is 1. The Balaban J connectivity index is 1.42. The average Bonchev–Trinajstić information content (AvgIpc) is 3.05. The van der Waals surface area contributed by atoms with E-state index in [1.54, 1.807) is 0 Å². The van der Waals surface area contributed by atoms with Gasteiger partial charge in [0.25, 0.3) is 0 Å². The zero-order valence-electron chi connectivity index (χ0n) is 15.9. The Morgan fingerprint density at radius 3 is 2.48 bits per heavy atom. The molecule has 1 saturated heterocycles. The number of anilines is 2. The van der Waals surface area contributed by atoms with Gasteiger partial charge < -0.3 is 19.7 Å². The van der Waals surface area contributed by atoms with Gasteiger partial charge in [-0.1, -0.05) is 37.3 Å². The van der Waals surface area contributed by atoms with Crippen LogP contribution in [0.5, 0.6) is 0 Å². The summed E-state index contributed by atoms with van der Waals surface area (Å²) in [7, 11) is 2.05. The molecule has 1 aliphatic rings. The standard InChI is InChI=1S/C21H25N5O/c1-3-16-8-4-5-9-17(16)23-21(27)26-14-12-25(13-15-26)20-22-18-10-6-7-11-19(18)24(20)2/h4-11H,3,12-15H2,1-2H3,(H,23,27). The number of aryl methyl sites for hydroxylation is 2. The maximum atomic E-state index is 12.7. The summed E-state index contributed by atoms with van der Waals surface area (Å²) in [5, 5.41) is 3.07. The molecule has 0 aliphatic carbocycles. The number of fused-ring (bicyclic) bond motifs is 1. The van der Waals surface area contributed by atoms with Crippen molar-refractivity contribution < 1.29 is 4.79 Å². The molecule has 2 aromatic carbocycles. The average molecular weight is 363 g/mol. The van der Waals surface area contributed by atoms with Crippen LogP contribution in [0.4, 0.5) is 16.4 Å². The Morgan fingerprint density at radius 1 is 1.04 bits per heavy atom. The summed E-state index contributed by atoms with van der Waals surface area (Å²) in [5.74, 6) is 0.965. The SMILES string of the molecule is CCc1ccccc1NC(=O)N1CCN(c2nc3ccccc3n2C)CC1. The van der Waals surface area contributed by atoms with Crippen molar-refractivity contribution in [2.45, 2.75) is 13.3 Å². The number of nitrogens with zero attached hydrogens (tertiary/aromatic N) is 4. The lowest BCUT2D eigenvalue weighted by Crippen LogP contribution is -2.50. The van der Waals surface area contributed by atoms with Crippen molar-refractivity contribution in [2.24, 2.45) is 7.05 Å².